The average Bonchev–Trinajstić information content (AvgIpc) is 3.22. The van der Waals surface area contributed by atoms with Crippen LogP contribution in [-0.2, 0) is 19.0 Å². The zero-order valence-electron chi connectivity index (χ0n) is 35.7. The number of benzene rings is 1. The Kier molecular flexibility index (Phi) is 29.8. The minimum atomic E-state index is -1.61. The maximum atomic E-state index is 13.4. The molecule has 1 fully saturated rings. The highest BCUT2D eigenvalue weighted by Gasteiger charge is 2.44. The smallest absolute Gasteiger partial charge is 0.338 e. The number of allylic oxidation sites excluding steroid dienone is 1. The Bertz CT molecular complexity index is 1150. The Hall–Kier alpha value is -2.34. The van der Waals surface area contributed by atoms with Gasteiger partial charge in [0.15, 0.2) is 6.29 Å². The van der Waals surface area contributed by atoms with Crippen LogP contribution in [0, 0.1) is 0 Å². The normalized spacial score (nSPS) is 20.8. The van der Waals surface area contributed by atoms with E-state index >= 15 is 0 Å². The molecule has 0 aliphatic carbocycles. The van der Waals surface area contributed by atoms with Gasteiger partial charge in [-0.25, -0.2) is 4.79 Å². The van der Waals surface area contributed by atoms with Crippen LogP contribution < -0.4 is 5.32 Å². The van der Waals surface area contributed by atoms with Gasteiger partial charge in [-0.15, -0.1) is 0 Å². The Labute approximate surface area is 345 Å². The van der Waals surface area contributed by atoms with Crippen LogP contribution in [0.3, 0.4) is 0 Å². The number of carbonyl (C=O) groups excluding carboxylic acids is 2. The zero-order chi connectivity index (χ0) is 41.4. The van der Waals surface area contributed by atoms with Crippen LogP contribution in [0.15, 0.2) is 42.5 Å². The van der Waals surface area contributed by atoms with E-state index in [0.717, 1.165) is 44.9 Å². The first-order chi connectivity index (χ1) is 27.8. The molecule has 328 valence electrons. The Balaban J connectivity index is 2.00. The number of rotatable bonds is 35. The van der Waals surface area contributed by atoms with E-state index in [0.29, 0.717) is 12.0 Å². The minimum Gasteiger partial charge on any atom is -0.452 e. The SMILES string of the molecule is CCCCCCCCCCCCC/C=C/[C@@H](OC(=O)c1ccccc1)[C@H](CO[C@H]1O[C@H](CO)[C@H](O)[C@H](O)[C@H]1O)NC(=O)CCCCCCCCCCCCCCC. The molecule has 0 spiro atoms. The van der Waals surface area contributed by atoms with E-state index < -0.39 is 55.4 Å². The number of nitrogens with one attached hydrogen (secondary N) is 1. The minimum absolute atomic E-state index is 0.208. The molecule has 1 aromatic rings. The first kappa shape index (κ1) is 50.8. The van der Waals surface area contributed by atoms with Crippen molar-refractivity contribution in [3.8, 4) is 0 Å². The molecule has 1 aliphatic rings. The van der Waals surface area contributed by atoms with E-state index in [4.69, 9.17) is 14.2 Å². The molecule has 0 bridgehead atoms. The van der Waals surface area contributed by atoms with Crippen LogP contribution in [0.2, 0.25) is 0 Å². The Morgan fingerprint density at radius 3 is 1.68 bits per heavy atom. The lowest BCUT2D eigenvalue weighted by Crippen LogP contribution is -2.60. The lowest BCUT2D eigenvalue weighted by atomic mass is 9.99. The van der Waals surface area contributed by atoms with Gasteiger partial charge in [0.1, 0.15) is 30.5 Å². The number of hydrogen-bond acceptors (Lipinski definition) is 9. The molecule has 0 unspecified atom stereocenters. The summed E-state index contributed by atoms with van der Waals surface area (Å²) >= 11 is 0. The van der Waals surface area contributed by atoms with Crippen molar-refractivity contribution in [1.82, 2.24) is 5.32 Å². The van der Waals surface area contributed by atoms with Crippen molar-refractivity contribution < 1.29 is 44.2 Å². The molecule has 0 saturated carbocycles. The molecule has 1 saturated heterocycles. The van der Waals surface area contributed by atoms with Crippen LogP contribution in [0.25, 0.3) is 0 Å². The molecule has 1 amide bonds. The highest BCUT2D eigenvalue weighted by molar-refractivity contribution is 5.89. The predicted molar refractivity (Wildman–Crippen MR) is 228 cm³/mol. The second-order valence-corrected chi connectivity index (χ2v) is 16.2. The highest BCUT2D eigenvalue weighted by atomic mass is 16.7. The summed E-state index contributed by atoms with van der Waals surface area (Å²) in [4.78, 5) is 26.7. The number of unbranched alkanes of at least 4 members (excludes halogenated alkanes) is 23. The average molecular weight is 804 g/mol. The number of aliphatic hydroxyl groups is 4. The van der Waals surface area contributed by atoms with Gasteiger partial charge in [0.2, 0.25) is 5.91 Å². The highest BCUT2D eigenvalue weighted by Crippen LogP contribution is 2.23. The van der Waals surface area contributed by atoms with E-state index in [2.05, 4.69) is 19.2 Å². The van der Waals surface area contributed by atoms with Crippen molar-refractivity contribution in [2.75, 3.05) is 13.2 Å². The van der Waals surface area contributed by atoms with Crippen LogP contribution in [0.4, 0.5) is 0 Å². The van der Waals surface area contributed by atoms with Gasteiger partial charge in [-0.3, -0.25) is 4.79 Å². The quantitative estimate of drug-likeness (QED) is 0.0257. The van der Waals surface area contributed by atoms with Crippen molar-refractivity contribution in [2.24, 2.45) is 0 Å². The zero-order valence-corrected chi connectivity index (χ0v) is 35.7. The predicted octanol–water partition coefficient (Wildman–Crippen LogP) is 9.25. The first-order valence-corrected chi connectivity index (χ1v) is 23.0. The van der Waals surface area contributed by atoms with E-state index in [1.165, 1.54) is 116 Å². The first-order valence-electron chi connectivity index (χ1n) is 23.0. The summed E-state index contributed by atoms with van der Waals surface area (Å²) in [6.07, 6.45) is 26.0. The van der Waals surface area contributed by atoms with Gasteiger partial charge in [-0.05, 0) is 37.5 Å². The third kappa shape index (κ3) is 23.1. The molecule has 0 aromatic heterocycles. The number of esters is 1. The summed E-state index contributed by atoms with van der Waals surface area (Å²) in [6, 6.07) is 7.81. The van der Waals surface area contributed by atoms with Gasteiger partial charge >= 0.3 is 5.97 Å². The second kappa shape index (κ2) is 33.5. The van der Waals surface area contributed by atoms with Gasteiger partial charge < -0.3 is 40.0 Å². The molecule has 2 rings (SSSR count). The van der Waals surface area contributed by atoms with E-state index in [9.17, 15) is 30.0 Å². The number of carbonyl (C=O) groups is 2. The summed E-state index contributed by atoms with van der Waals surface area (Å²) in [5.41, 5.74) is 0.369. The molecular formula is C47H81NO9. The number of hydrogen-bond donors (Lipinski definition) is 5. The third-order valence-electron chi connectivity index (χ3n) is 11.1. The fraction of sp³-hybridized carbons (Fsp3) is 0.787. The number of amides is 1. The Morgan fingerprint density at radius 2 is 1.18 bits per heavy atom. The van der Waals surface area contributed by atoms with Crippen molar-refractivity contribution in [1.29, 1.82) is 0 Å². The summed E-state index contributed by atoms with van der Waals surface area (Å²) in [5, 5.41) is 44.0. The summed E-state index contributed by atoms with van der Waals surface area (Å²) < 4.78 is 17.5. The molecule has 10 nitrogen and oxygen atoms in total. The number of aliphatic hydroxyl groups excluding tert-OH is 4. The standard InChI is InChI=1S/C47H81NO9/c1-3-5-7-9-11-13-15-17-19-21-23-25-30-34-40(56-46(54)38-32-28-27-29-33-38)39(37-55-47-45(53)44(52)43(51)41(36-49)57-47)48-42(50)35-31-26-24-22-20-18-16-14-12-10-8-6-4-2/h27-30,32-34,39-41,43-45,47,49,51-53H,3-26,31,35-37H2,1-2H3,(H,48,50)/b34-30+/t39-,40+,41+,43-,44-,45+,47-/m0/s1. The van der Waals surface area contributed by atoms with Gasteiger partial charge in [0.25, 0.3) is 0 Å². The molecule has 7 atom stereocenters. The van der Waals surface area contributed by atoms with Gasteiger partial charge in [0, 0.05) is 6.42 Å². The molecule has 10 heteroatoms. The molecule has 1 aliphatic heterocycles. The maximum absolute atomic E-state index is 13.4. The van der Waals surface area contributed by atoms with Crippen molar-refractivity contribution in [3.05, 3.63) is 48.0 Å². The van der Waals surface area contributed by atoms with Crippen LogP contribution in [0.1, 0.15) is 191 Å². The van der Waals surface area contributed by atoms with E-state index in [-0.39, 0.29) is 12.5 Å². The lowest BCUT2D eigenvalue weighted by Gasteiger charge is -2.40. The second-order valence-electron chi connectivity index (χ2n) is 16.2. The summed E-state index contributed by atoms with van der Waals surface area (Å²) in [5.74, 6) is -0.761. The molecule has 5 N–H and O–H groups in total. The fourth-order valence-electron chi connectivity index (χ4n) is 7.38. The third-order valence-corrected chi connectivity index (χ3v) is 11.1. The lowest BCUT2D eigenvalue weighted by molar-refractivity contribution is -0.302. The summed E-state index contributed by atoms with van der Waals surface area (Å²) in [7, 11) is 0. The maximum Gasteiger partial charge on any atom is 0.338 e. The monoisotopic (exact) mass is 804 g/mol. The van der Waals surface area contributed by atoms with Gasteiger partial charge in [-0.1, -0.05) is 179 Å². The molecule has 0 radical (unpaired) electrons. The molecule has 1 aromatic carbocycles. The van der Waals surface area contributed by atoms with E-state index in [1.54, 1.807) is 30.3 Å². The van der Waals surface area contributed by atoms with Crippen molar-refractivity contribution >= 4 is 11.9 Å². The number of ether oxygens (including phenoxy) is 3. The van der Waals surface area contributed by atoms with Crippen LogP contribution in [-0.4, -0.2) is 88.4 Å². The summed E-state index contributed by atoms with van der Waals surface area (Å²) in [6.45, 7) is 3.66. The van der Waals surface area contributed by atoms with Crippen molar-refractivity contribution in [3.63, 3.8) is 0 Å². The van der Waals surface area contributed by atoms with Crippen LogP contribution in [0.5, 0.6) is 0 Å². The molecular weight excluding hydrogens is 723 g/mol. The molecule has 1 heterocycles. The Morgan fingerprint density at radius 1 is 0.684 bits per heavy atom. The van der Waals surface area contributed by atoms with Crippen LogP contribution >= 0.6 is 0 Å². The van der Waals surface area contributed by atoms with Crippen molar-refractivity contribution in [2.45, 2.75) is 224 Å². The fourth-order valence-corrected chi connectivity index (χ4v) is 7.38. The van der Waals surface area contributed by atoms with Gasteiger partial charge in [0.05, 0.1) is 24.8 Å². The van der Waals surface area contributed by atoms with Gasteiger partial charge in [-0.2, -0.15) is 0 Å². The largest absolute Gasteiger partial charge is 0.452 e. The molecule has 57 heavy (non-hydrogen) atoms. The topological polar surface area (TPSA) is 155 Å². The van der Waals surface area contributed by atoms with E-state index in [1.807, 2.05) is 12.1 Å².